The zero-order chi connectivity index (χ0) is 12.8. The highest BCUT2D eigenvalue weighted by Crippen LogP contribution is 2.07. The molecule has 18 heavy (non-hydrogen) atoms. The maximum atomic E-state index is 11.8. The van der Waals surface area contributed by atoms with Gasteiger partial charge in [-0.05, 0) is 12.1 Å². The van der Waals surface area contributed by atoms with E-state index in [1.165, 1.54) is 6.20 Å². The van der Waals surface area contributed by atoms with Crippen molar-refractivity contribution in [1.82, 2.24) is 14.9 Å². The van der Waals surface area contributed by atoms with Crippen LogP contribution in [-0.4, -0.2) is 36.4 Å². The standard InChI is InChI=1S/C13H17N3O2/c1-18-9-7-14-6-8-16-12-5-3-2-4-11(12)15-10-13(16)17/h2-5,10,14H,6-9H2,1H3. The maximum absolute atomic E-state index is 11.8. The molecule has 0 spiro atoms. The second-order valence-electron chi connectivity index (χ2n) is 3.98. The van der Waals surface area contributed by atoms with Crippen molar-refractivity contribution in [2.24, 2.45) is 0 Å². The molecule has 5 heteroatoms. The van der Waals surface area contributed by atoms with Gasteiger partial charge in [0.1, 0.15) is 0 Å². The van der Waals surface area contributed by atoms with E-state index >= 15 is 0 Å². The summed E-state index contributed by atoms with van der Waals surface area (Å²) >= 11 is 0. The van der Waals surface area contributed by atoms with Gasteiger partial charge in [-0.15, -0.1) is 0 Å². The third kappa shape index (κ3) is 2.94. The molecule has 0 aliphatic carbocycles. The second-order valence-corrected chi connectivity index (χ2v) is 3.98. The maximum Gasteiger partial charge on any atom is 0.269 e. The number of hydrogen-bond acceptors (Lipinski definition) is 4. The molecule has 0 aliphatic heterocycles. The zero-order valence-electron chi connectivity index (χ0n) is 10.4. The molecule has 0 atom stereocenters. The van der Waals surface area contributed by atoms with Crippen molar-refractivity contribution in [3.8, 4) is 0 Å². The molecule has 1 aromatic heterocycles. The Hall–Kier alpha value is -1.72. The molecule has 2 rings (SSSR count). The molecule has 0 amide bonds. The molecule has 0 unspecified atom stereocenters. The minimum Gasteiger partial charge on any atom is -0.383 e. The number of aromatic nitrogens is 2. The van der Waals surface area contributed by atoms with Gasteiger partial charge in [0.05, 0.1) is 23.8 Å². The van der Waals surface area contributed by atoms with Gasteiger partial charge in [-0.3, -0.25) is 4.79 Å². The van der Waals surface area contributed by atoms with E-state index in [0.717, 1.165) is 24.1 Å². The number of nitrogens with one attached hydrogen (secondary N) is 1. The lowest BCUT2D eigenvalue weighted by Gasteiger charge is -2.09. The largest absolute Gasteiger partial charge is 0.383 e. The Morgan fingerprint density at radius 3 is 3.00 bits per heavy atom. The van der Waals surface area contributed by atoms with Gasteiger partial charge >= 0.3 is 0 Å². The molecule has 0 bridgehead atoms. The predicted octanol–water partition coefficient (Wildman–Crippen LogP) is 0.632. The Kier molecular flexibility index (Phi) is 4.44. The van der Waals surface area contributed by atoms with Crippen molar-refractivity contribution in [3.05, 3.63) is 40.8 Å². The normalized spacial score (nSPS) is 10.9. The number of para-hydroxylation sites is 2. The van der Waals surface area contributed by atoms with Crippen LogP contribution in [0.2, 0.25) is 0 Å². The van der Waals surface area contributed by atoms with E-state index in [2.05, 4.69) is 10.3 Å². The zero-order valence-corrected chi connectivity index (χ0v) is 10.4. The number of benzene rings is 1. The first kappa shape index (κ1) is 12.7. The van der Waals surface area contributed by atoms with E-state index in [1.54, 1.807) is 11.7 Å². The van der Waals surface area contributed by atoms with Crippen molar-refractivity contribution in [2.45, 2.75) is 6.54 Å². The number of fused-ring (bicyclic) bond motifs is 1. The van der Waals surface area contributed by atoms with Crippen LogP contribution in [0, 0.1) is 0 Å². The molecule has 0 saturated carbocycles. The van der Waals surface area contributed by atoms with E-state index in [4.69, 9.17) is 4.74 Å². The van der Waals surface area contributed by atoms with Crippen molar-refractivity contribution < 1.29 is 4.74 Å². The van der Waals surface area contributed by atoms with E-state index in [0.29, 0.717) is 13.2 Å². The van der Waals surface area contributed by atoms with Gasteiger partial charge in [0.25, 0.3) is 5.56 Å². The molecule has 2 aromatic rings. The first-order valence-corrected chi connectivity index (χ1v) is 5.97. The highest BCUT2D eigenvalue weighted by atomic mass is 16.5. The SMILES string of the molecule is COCCNCCn1c(=O)cnc2ccccc21. The van der Waals surface area contributed by atoms with E-state index in [1.807, 2.05) is 24.3 Å². The van der Waals surface area contributed by atoms with Gasteiger partial charge in [-0.1, -0.05) is 12.1 Å². The van der Waals surface area contributed by atoms with Crippen LogP contribution in [0.15, 0.2) is 35.3 Å². The van der Waals surface area contributed by atoms with Crippen LogP contribution < -0.4 is 10.9 Å². The van der Waals surface area contributed by atoms with Gasteiger partial charge in [0, 0.05) is 26.7 Å². The fourth-order valence-electron chi connectivity index (χ4n) is 1.84. The molecule has 1 heterocycles. The molecule has 0 radical (unpaired) electrons. The lowest BCUT2D eigenvalue weighted by molar-refractivity contribution is 0.199. The summed E-state index contributed by atoms with van der Waals surface area (Å²) in [6, 6.07) is 7.65. The van der Waals surface area contributed by atoms with E-state index < -0.39 is 0 Å². The minimum atomic E-state index is -0.0674. The molecule has 5 nitrogen and oxygen atoms in total. The predicted molar refractivity (Wildman–Crippen MR) is 70.7 cm³/mol. The molecule has 0 saturated heterocycles. The van der Waals surface area contributed by atoms with E-state index in [9.17, 15) is 4.79 Å². The molecular weight excluding hydrogens is 230 g/mol. The van der Waals surface area contributed by atoms with Crippen LogP contribution in [0.4, 0.5) is 0 Å². The van der Waals surface area contributed by atoms with Crippen molar-refractivity contribution in [3.63, 3.8) is 0 Å². The third-order valence-electron chi connectivity index (χ3n) is 2.75. The third-order valence-corrected chi connectivity index (χ3v) is 2.75. The first-order chi connectivity index (χ1) is 8.83. The van der Waals surface area contributed by atoms with Gasteiger partial charge in [-0.25, -0.2) is 4.98 Å². The summed E-state index contributed by atoms with van der Waals surface area (Å²) in [5.74, 6) is 0. The van der Waals surface area contributed by atoms with Crippen molar-refractivity contribution in [2.75, 3.05) is 26.8 Å². The minimum absolute atomic E-state index is 0.0674. The molecule has 1 N–H and O–H groups in total. The van der Waals surface area contributed by atoms with Crippen LogP contribution in [0.3, 0.4) is 0 Å². The van der Waals surface area contributed by atoms with Gasteiger partial charge in [0.15, 0.2) is 0 Å². The Labute approximate surface area is 105 Å². The Balaban J connectivity index is 2.12. The fourth-order valence-corrected chi connectivity index (χ4v) is 1.84. The fraction of sp³-hybridized carbons (Fsp3) is 0.385. The number of hydrogen-bond donors (Lipinski definition) is 1. The Morgan fingerprint density at radius 2 is 2.17 bits per heavy atom. The van der Waals surface area contributed by atoms with Crippen LogP contribution in [0.1, 0.15) is 0 Å². The summed E-state index contributed by atoms with van der Waals surface area (Å²) in [5, 5.41) is 3.22. The number of nitrogens with zero attached hydrogens (tertiary/aromatic N) is 2. The topological polar surface area (TPSA) is 56.1 Å². The Bertz CT molecular complexity index is 565. The summed E-state index contributed by atoms with van der Waals surface area (Å²) in [6.45, 7) is 2.82. The lowest BCUT2D eigenvalue weighted by atomic mass is 10.3. The van der Waals surface area contributed by atoms with Crippen molar-refractivity contribution >= 4 is 11.0 Å². The number of methoxy groups -OCH3 is 1. The van der Waals surface area contributed by atoms with Crippen LogP contribution >= 0.6 is 0 Å². The molecule has 1 aromatic carbocycles. The summed E-state index contributed by atoms with van der Waals surface area (Å²) in [6.07, 6.45) is 1.37. The average molecular weight is 247 g/mol. The first-order valence-electron chi connectivity index (χ1n) is 5.97. The Morgan fingerprint density at radius 1 is 1.33 bits per heavy atom. The smallest absolute Gasteiger partial charge is 0.269 e. The highest BCUT2D eigenvalue weighted by molar-refractivity contribution is 5.74. The molecular formula is C13H17N3O2. The highest BCUT2D eigenvalue weighted by Gasteiger charge is 2.02. The van der Waals surface area contributed by atoms with Crippen LogP contribution in [0.5, 0.6) is 0 Å². The van der Waals surface area contributed by atoms with Gasteiger partial charge in [0.2, 0.25) is 0 Å². The number of rotatable bonds is 6. The molecule has 96 valence electrons. The number of ether oxygens (including phenoxy) is 1. The molecule has 0 fully saturated rings. The molecule has 0 aliphatic rings. The summed E-state index contributed by atoms with van der Waals surface area (Å²) < 4.78 is 6.69. The monoisotopic (exact) mass is 247 g/mol. The lowest BCUT2D eigenvalue weighted by Crippen LogP contribution is -2.29. The van der Waals surface area contributed by atoms with Crippen LogP contribution in [0.25, 0.3) is 11.0 Å². The average Bonchev–Trinajstić information content (AvgIpc) is 2.41. The van der Waals surface area contributed by atoms with Gasteiger partial charge in [-0.2, -0.15) is 0 Å². The summed E-state index contributed by atoms with van der Waals surface area (Å²) in [7, 11) is 1.67. The summed E-state index contributed by atoms with van der Waals surface area (Å²) in [4.78, 5) is 15.9. The quantitative estimate of drug-likeness (QED) is 0.761. The summed E-state index contributed by atoms with van der Waals surface area (Å²) in [5.41, 5.74) is 1.65. The van der Waals surface area contributed by atoms with Gasteiger partial charge < -0.3 is 14.6 Å². The van der Waals surface area contributed by atoms with Crippen molar-refractivity contribution in [1.29, 1.82) is 0 Å². The van der Waals surface area contributed by atoms with E-state index in [-0.39, 0.29) is 5.56 Å². The second kappa shape index (κ2) is 6.28. The van der Waals surface area contributed by atoms with Crippen LogP contribution in [-0.2, 0) is 11.3 Å².